The third-order valence-electron chi connectivity index (χ3n) is 4.79. The topological polar surface area (TPSA) is 46.3 Å². The summed E-state index contributed by atoms with van der Waals surface area (Å²) in [6.45, 7) is 8.74. The first-order valence-corrected chi connectivity index (χ1v) is 7.42. The van der Waals surface area contributed by atoms with Gasteiger partial charge in [-0.05, 0) is 37.0 Å². The van der Waals surface area contributed by atoms with Crippen LogP contribution < -0.4 is 5.73 Å². The molecule has 2 aliphatic rings. The van der Waals surface area contributed by atoms with Gasteiger partial charge in [0.25, 0.3) is 0 Å². The normalized spacial score (nSPS) is 33.8. The summed E-state index contributed by atoms with van der Waals surface area (Å²) in [5, 5.41) is 0. The van der Waals surface area contributed by atoms with Crippen LogP contribution in [0.1, 0.15) is 52.9 Å². The van der Waals surface area contributed by atoms with Crippen molar-refractivity contribution in [3.63, 3.8) is 0 Å². The van der Waals surface area contributed by atoms with Crippen LogP contribution in [-0.4, -0.2) is 29.9 Å². The Morgan fingerprint density at radius 2 is 1.94 bits per heavy atom. The van der Waals surface area contributed by atoms with E-state index in [0.29, 0.717) is 17.2 Å². The van der Waals surface area contributed by atoms with Crippen LogP contribution in [0.2, 0.25) is 0 Å². The van der Waals surface area contributed by atoms with Crippen LogP contribution in [-0.2, 0) is 4.79 Å². The van der Waals surface area contributed by atoms with Gasteiger partial charge in [-0.1, -0.05) is 27.2 Å². The van der Waals surface area contributed by atoms with Crippen molar-refractivity contribution in [3.8, 4) is 0 Å². The smallest absolute Gasteiger partial charge is 0.225 e. The molecule has 1 saturated carbocycles. The SMILES string of the molecule is CC(C)(C)C1CCN(C(=O)C2CCCC(N)C2)C1. The minimum Gasteiger partial charge on any atom is -0.342 e. The number of carbonyl (C=O) groups is 1. The summed E-state index contributed by atoms with van der Waals surface area (Å²) >= 11 is 0. The van der Waals surface area contributed by atoms with Crippen molar-refractivity contribution in [1.82, 2.24) is 4.90 Å². The first kappa shape index (κ1) is 13.9. The number of hydrogen-bond acceptors (Lipinski definition) is 2. The largest absolute Gasteiger partial charge is 0.342 e. The summed E-state index contributed by atoms with van der Waals surface area (Å²) in [6.07, 6.45) is 5.31. The van der Waals surface area contributed by atoms with Gasteiger partial charge in [-0.15, -0.1) is 0 Å². The molecule has 1 heterocycles. The van der Waals surface area contributed by atoms with Crippen LogP contribution in [0.4, 0.5) is 0 Å². The third kappa shape index (κ3) is 3.05. The fourth-order valence-electron chi connectivity index (χ4n) is 3.38. The quantitative estimate of drug-likeness (QED) is 0.779. The maximum Gasteiger partial charge on any atom is 0.225 e. The fraction of sp³-hybridized carbons (Fsp3) is 0.933. The predicted octanol–water partition coefficient (Wildman–Crippen LogP) is 2.40. The van der Waals surface area contributed by atoms with Crippen LogP contribution in [0.15, 0.2) is 0 Å². The van der Waals surface area contributed by atoms with Crippen molar-refractivity contribution < 1.29 is 4.79 Å². The summed E-state index contributed by atoms with van der Waals surface area (Å²) in [5.74, 6) is 1.23. The molecule has 18 heavy (non-hydrogen) atoms. The summed E-state index contributed by atoms with van der Waals surface area (Å²) in [7, 11) is 0. The van der Waals surface area contributed by atoms with E-state index >= 15 is 0 Å². The van der Waals surface area contributed by atoms with Gasteiger partial charge in [0, 0.05) is 25.0 Å². The Morgan fingerprint density at radius 3 is 2.50 bits per heavy atom. The molecule has 3 unspecified atom stereocenters. The molecule has 3 heteroatoms. The molecule has 0 spiro atoms. The molecule has 2 rings (SSSR count). The van der Waals surface area contributed by atoms with Crippen molar-refractivity contribution >= 4 is 5.91 Å². The molecule has 2 fully saturated rings. The molecule has 1 amide bonds. The molecule has 2 N–H and O–H groups in total. The minimum atomic E-state index is 0.201. The molecular weight excluding hydrogens is 224 g/mol. The van der Waals surface area contributed by atoms with Gasteiger partial charge in [-0.3, -0.25) is 4.79 Å². The van der Waals surface area contributed by atoms with Crippen molar-refractivity contribution in [2.75, 3.05) is 13.1 Å². The van der Waals surface area contributed by atoms with Gasteiger partial charge >= 0.3 is 0 Å². The molecule has 0 radical (unpaired) electrons. The summed E-state index contributed by atoms with van der Waals surface area (Å²) in [6, 6.07) is 0.244. The first-order valence-electron chi connectivity index (χ1n) is 7.42. The highest BCUT2D eigenvalue weighted by Gasteiger charge is 2.36. The lowest BCUT2D eigenvalue weighted by atomic mass is 9.80. The van der Waals surface area contributed by atoms with Crippen LogP contribution in [0, 0.1) is 17.3 Å². The van der Waals surface area contributed by atoms with E-state index in [-0.39, 0.29) is 12.0 Å². The molecular formula is C15H28N2O. The maximum absolute atomic E-state index is 12.5. The van der Waals surface area contributed by atoms with Crippen LogP contribution >= 0.6 is 0 Å². The molecule has 0 bridgehead atoms. The molecule has 1 aliphatic heterocycles. The second-order valence-electron chi connectivity index (χ2n) is 7.26. The zero-order chi connectivity index (χ0) is 13.3. The van der Waals surface area contributed by atoms with Crippen LogP contribution in [0.3, 0.4) is 0 Å². The van der Waals surface area contributed by atoms with Gasteiger partial charge in [0.2, 0.25) is 5.91 Å². The number of likely N-dealkylation sites (tertiary alicyclic amines) is 1. The fourth-order valence-corrected chi connectivity index (χ4v) is 3.38. The van der Waals surface area contributed by atoms with E-state index in [0.717, 1.165) is 45.2 Å². The molecule has 0 aromatic heterocycles. The molecule has 104 valence electrons. The van der Waals surface area contributed by atoms with Gasteiger partial charge in [0.1, 0.15) is 0 Å². The number of nitrogens with zero attached hydrogens (tertiary/aromatic N) is 1. The Bertz CT molecular complexity index is 308. The Kier molecular flexibility index (Phi) is 4.00. The van der Waals surface area contributed by atoms with Gasteiger partial charge < -0.3 is 10.6 Å². The highest BCUT2D eigenvalue weighted by Crippen LogP contribution is 2.35. The second-order valence-corrected chi connectivity index (χ2v) is 7.26. The average molecular weight is 252 g/mol. The molecule has 1 aliphatic carbocycles. The Balaban J connectivity index is 1.91. The van der Waals surface area contributed by atoms with Crippen molar-refractivity contribution in [1.29, 1.82) is 0 Å². The molecule has 3 nitrogen and oxygen atoms in total. The van der Waals surface area contributed by atoms with Gasteiger partial charge in [-0.2, -0.15) is 0 Å². The lowest BCUT2D eigenvalue weighted by molar-refractivity contribution is -0.135. The van der Waals surface area contributed by atoms with Crippen molar-refractivity contribution in [3.05, 3.63) is 0 Å². The highest BCUT2D eigenvalue weighted by atomic mass is 16.2. The van der Waals surface area contributed by atoms with Gasteiger partial charge in [-0.25, -0.2) is 0 Å². The van der Waals surface area contributed by atoms with E-state index in [1.165, 1.54) is 0 Å². The lowest BCUT2D eigenvalue weighted by Gasteiger charge is -2.31. The van der Waals surface area contributed by atoms with Crippen molar-refractivity contribution in [2.24, 2.45) is 23.0 Å². The number of carbonyl (C=O) groups excluding carboxylic acids is 1. The zero-order valence-corrected chi connectivity index (χ0v) is 12.1. The number of hydrogen-bond donors (Lipinski definition) is 1. The van der Waals surface area contributed by atoms with E-state index in [1.54, 1.807) is 0 Å². The van der Waals surface area contributed by atoms with Crippen LogP contribution in [0.25, 0.3) is 0 Å². The van der Waals surface area contributed by atoms with E-state index in [9.17, 15) is 4.79 Å². The Hall–Kier alpha value is -0.570. The molecule has 1 saturated heterocycles. The standard InChI is InChI=1S/C15H28N2O/c1-15(2,3)12-7-8-17(10-12)14(18)11-5-4-6-13(16)9-11/h11-13H,4-10,16H2,1-3H3. The number of rotatable bonds is 1. The minimum absolute atomic E-state index is 0.201. The summed E-state index contributed by atoms with van der Waals surface area (Å²) in [5.41, 5.74) is 6.30. The molecule has 0 aromatic carbocycles. The Morgan fingerprint density at radius 1 is 1.22 bits per heavy atom. The first-order chi connectivity index (χ1) is 8.38. The third-order valence-corrected chi connectivity index (χ3v) is 4.79. The van der Waals surface area contributed by atoms with E-state index in [4.69, 9.17) is 5.73 Å². The van der Waals surface area contributed by atoms with E-state index in [2.05, 4.69) is 25.7 Å². The highest BCUT2D eigenvalue weighted by molar-refractivity contribution is 5.79. The van der Waals surface area contributed by atoms with Crippen LogP contribution in [0.5, 0.6) is 0 Å². The number of amides is 1. The summed E-state index contributed by atoms with van der Waals surface area (Å²) < 4.78 is 0. The summed E-state index contributed by atoms with van der Waals surface area (Å²) in [4.78, 5) is 14.6. The van der Waals surface area contributed by atoms with E-state index in [1.807, 2.05) is 0 Å². The monoisotopic (exact) mass is 252 g/mol. The van der Waals surface area contributed by atoms with Crippen molar-refractivity contribution in [2.45, 2.75) is 58.9 Å². The van der Waals surface area contributed by atoms with Gasteiger partial charge in [0.15, 0.2) is 0 Å². The Labute approximate surface area is 111 Å². The predicted molar refractivity (Wildman–Crippen MR) is 74.1 cm³/mol. The second kappa shape index (κ2) is 5.20. The van der Waals surface area contributed by atoms with Gasteiger partial charge in [0.05, 0.1) is 0 Å². The molecule has 3 atom stereocenters. The lowest BCUT2D eigenvalue weighted by Crippen LogP contribution is -2.40. The average Bonchev–Trinajstić information content (AvgIpc) is 2.77. The molecule has 0 aromatic rings. The number of nitrogens with two attached hydrogens (primary N) is 1. The maximum atomic E-state index is 12.5. The van der Waals surface area contributed by atoms with E-state index < -0.39 is 0 Å². The zero-order valence-electron chi connectivity index (χ0n) is 12.1.